The fourth-order valence-electron chi connectivity index (χ4n) is 2.07. The van der Waals surface area contributed by atoms with Gasteiger partial charge in [0.15, 0.2) is 0 Å². The zero-order chi connectivity index (χ0) is 19.2. The number of rotatable bonds is 8. The monoisotopic (exact) mass is 416 g/mol. The van der Waals surface area contributed by atoms with Crippen molar-refractivity contribution >= 4 is 39.1 Å². The van der Waals surface area contributed by atoms with Gasteiger partial charge in [0, 0.05) is 18.0 Å². The number of halogens is 2. The van der Waals surface area contributed by atoms with Crippen molar-refractivity contribution in [1.82, 2.24) is 4.72 Å². The van der Waals surface area contributed by atoms with Crippen LogP contribution >= 0.6 is 23.2 Å². The number of nitrogens with one attached hydrogen (secondary N) is 1. The maximum atomic E-state index is 12.1. The van der Waals surface area contributed by atoms with Gasteiger partial charge in [-0.2, -0.15) is 0 Å². The average Bonchev–Trinajstić information content (AvgIpc) is 2.60. The molecule has 2 rings (SSSR count). The first-order valence-corrected chi connectivity index (χ1v) is 9.98. The Morgan fingerprint density at radius 3 is 2.42 bits per heavy atom. The van der Waals surface area contributed by atoms with Crippen molar-refractivity contribution in [3.63, 3.8) is 0 Å². The number of ether oxygens (including phenoxy) is 1. The highest BCUT2D eigenvalue weighted by molar-refractivity contribution is 7.90. The normalized spacial score (nSPS) is 11.2. The largest absolute Gasteiger partial charge is 0.492 e. The van der Waals surface area contributed by atoms with E-state index in [1.165, 1.54) is 12.1 Å². The zero-order valence-corrected chi connectivity index (χ0v) is 16.1. The number of carbonyl (C=O) groups is 1. The predicted molar refractivity (Wildman–Crippen MR) is 101 cm³/mol. The van der Waals surface area contributed by atoms with Gasteiger partial charge in [-0.1, -0.05) is 35.3 Å². The minimum Gasteiger partial charge on any atom is -0.492 e. The molecule has 0 atom stereocenters. The molecule has 0 fully saturated rings. The molecule has 26 heavy (non-hydrogen) atoms. The number of hydrogen-bond acceptors (Lipinski definition) is 5. The summed E-state index contributed by atoms with van der Waals surface area (Å²) in [5.74, 6) is -0.164. The molecule has 0 saturated heterocycles. The summed E-state index contributed by atoms with van der Waals surface area (Å²) in [6, 6.07) is 10.8. The number of sulfonamides is 1. The van der Waals surface area contributed by atoms with Crippen LogP contribution in [0.15, 0.2) is 47.4 Å². The average molecular weight is 417 g/mol. The molecular weight excluding hydrogens is 399 g/mol. The van der Waals surface area contributed by atoms with E-state index < -0.39 is 15.9 Å². The molecule has 0 spiro atoms. The van der Waals surface area contributed by atoms with Crippen molar-refractivity contribution < 1.29 is 17.9 Å². The lowest BCUT2D eigenvalue weighted by atomic mass is 10.2. The Morgan fingerprint density at radius 2 is 1.81 bits per heavy atom. The summed E-state index contributed by atoms with van der Waals surface area (Å²) < 4.78 is 31.8. The smallest absolute Gasteiger partial charge is 0.264 e. The lowest BCUT2D eigenvalue weighted by Crippen LogP contribution is -2.30. The van der Waals surface area contributed by atoms with Gasteiger partial charge in [0.05, 0.1) is 16.5 Å². The number of nitrogens with two attached hydrogens (primary N) is 1. The molecule has 0 aromatic heterocycles. The van der Waals surface area contributed by atoms with Gasteiger partial charge in [0.1, 0.15) is 5.75 Å². The molecular formula is C17H18Cl2N2O4S. The van der Waals surface area contributed by atoms with E-state index in [0.717, 1.165) is 5.56 Å². The third kappa shape index (κ3) is 5.88. The lowest BCUT2D eigenvalue weighted by Gasteiger charge is -2.09. The van der Waals surface area contributed by atoms with Crippen LogP contribution in [0, 0.1) is 0 Å². The summed E-state index contributed by atoms with van der Waals surface area (Å²) in [4.78, 5) is 11.9. The molecule has 0 heterocycles. The first-order valence-electron chi connectivity index (χ1n) is 7.74. The van der Waals surface area contributed by atoms with E-state index in [-0.39, 0.29) is 17.9 Å². The molecule has 3 N–H and O–H groups in total. The molecule has 2 aromatic rings. The van der Waals surface area contributed by atoms with E-state index in [9.17, 15) is 13.2 Å². The molecule has 9 heteroatoms. The molecule has 0 aliphatic heterocycles. The van der Waals surface area contributed by atoms with Crippen molar-refractivity contribution in [3.8, 4) is 5.75 Å². The molecule has 6 nitrogen and oxygen atoms in total. The quantitative estimate of drug-likeness (QED) is 0.644. The van der Waals surface area contributed by atoms with E-state index >= 15 is 0 Å². The maximum Gasteiger partial charge on any atom is 0.264 e. The first kappa shape index (κ1) is 20.5. The van der Waals surface area contributed by atoms with Crippen molar-refractivity contribution in [3.05, 3.63) is 58.1 Å². The van der Waals surface area contributed by atoms with Gasteiger partial charge in [0.2, 0.25) is 5.91 Å². The van der Waals surface area contributed by atoms with E-state index in [4.69, 9.17) is 33.7 Å². The van der Waals surface area contributed by atoms with Crippen LogP contribution in [-0.4, -0.2) is 20.9 Å². The summed E-state index contributed by atoms with van der Waals surface area (Å²) in [5.41, 5.74) is 6.27. The summed E-state index contributed by atoms with van der Waals surface area (Å²) in [6.45, 7) is 0.518. The van der Waals surface area contributed by atoms with E-state index in [2.05, 4.69) is 0 Å². The van der Waals surface area contributed by atoms with Gasteiger partial charge in [-0.15, -0.1) is 0 Å². The lowest BCUT2D eigenvalue weighted by molar-refractivity contribution is -0.119. The third-order valence-electron chi connectivity index (χ3n) is 3.42. The van der Waals surface area contributed by atoms with Crippen LogP contribution in [0.4, 0.5) is 0 Å². The molecule has 2 aromatic carbocycles. The van der Waals surface area contributed by atoms with E-state index in [0.29, 0.717) is 28.8 Å². The Hall–Kier alpha value is -1.80. The molecule has 0 aliphatic rings. The topological polar surface area (TPSA) is 98.5 Å². The SMILES string of the molecule is NCc1ccc(S(=O)(=O)NC(=O)CCCOc2ccc(Cl)cc2Cl)cc1. The summed E-state index contributed by atoms with van der Waals surface area (Å²) >= 11 is 11.8. The Balaban J connectivity index is 1.82. The Labute approximate surface area is 162 Å². The Morgan fingerprint density at radius 1 is 1.12 bits per heavy atom. The molecule has 0 saturated carbocycles. The number of hydrogen-bond donors (Lipinski definition) is 2. The van der Waals surface area contributed by atoms with Gasteiger partial charge in [-0.25, -0.2) is 13.1 Å². The Kier molecular flexibility index (Phi) is 7.28. The van der Waals surface area contributed by atoms with Gasteiger partial charge in [0.25, 0.3) is 10.0 Å². The van der Waals surface area contributed by atoms with E-state index in [1.54, 1.807) is 30.3 Å². The van der Waals surface area contributed by atoms with Crippen LogP contribution < -0.4 is 15.2 Å². The molecule has 0 bridgehead atoms. The number of carbonyl (C=O) groups excluding carboxylic acids is 1. The Bertz CT molecular complexity index is 871. The molecule has 0 unspecified atom stereocenters. The summed E-state index contributed by atoms with van der Waals surface area (Å²) in [6.07, 6.45) is 0.317. The molecule has 1 amide bonds. The van der Waals surface area contributed by atoms with Crippen molar-refractivity contribution in [2.45, 2.75) is 24.3 Å². The van der Waals surface area contributed by atoms with Gasteiger partial charge >= 0.3 is 0 Å². The summed E-state index contributed by atoms with van der Waals surface area (Å²) in [5, 5.41) is 0.858. The molecule has 140 valence electrons. The van der Waals surface area contributed by atoms with Crippen molar-refractivity contribution in [2.75, 3.05) is 6.61 Å². The fraction of sp³-hybridized carbons (Fsp3) is 0.235. The van der Waals surface area contributed by atoms with Gasteiger partial charge in [-0.3, -0.25) is 4.79 Å². The second kappa shape index (κ2) is 9.23. The highest BCUT2D eigenvalue weighted by Gasteiger charge is 2.17. The van der Waals surface area contributed by atoms with Crippen LogP contribution in [0.3, 0.4) is 0 Å². The minimum atomic E-state index is -3.90. The highest BCUT2D eigenvalue weighted by atomic mass is 35.5. The van der Waals surface area contributed by atoms with Crippen molar-refractivity contribution in [1.29, 1.82) is 0 Å². The van der Waals surface area contributed by atoms with Crippen LogP contribution in [0.2, 0.25) is 10.0 Å². The van der Waals surface area contributed by atoms with Gasteiger partial charge in [-0.05, 0) is 42.3 Å². The second-order valence-electron chi connectivity index (χ2n) is 5.40. The standard InChI is InChI=1S/C17H18Cl2N2O4S/c18-13-5-8-16(15(19)10-13)25-9-1-2-17(22)21-26(23,24)14-6-3-12(11-20)4-7-14/h3-8,10H,1-2,9,11,20H2,(H,21,22). The van der Waals surface area contributed by atoms with Crippen molar-refractivity contribution in [2.24, 2.45) is 5.73 Å². The third-order valence-corrected chi connectivity index (χ3v) is 5.34. The summed E-state index contributed by atoms with van der Waals surface area (Å²) in [7, 11) is -3.90. The van der Waals surface area contributed by atoms with Gasteiger partial charge < -0.3 is 10.5 Å². The van der Waals surface area contributed by atoms with Crippen LogP contribution in [-0.2, 0) is 21.4 Å². The highest BCUT2D eigenvalue weighted by Crippen LogP contribution is 2.27. The minimum absolute atomic E-state index is 0.00671. The zero-order valence-electron chi connectivity index (χ0n) is 13.7. The predicted octanol–water partition coefficient (Wildman–Crippen LogP) is 3.12. The number of benzene rings is 2. The molecule has 0 aliphatic carbocycles. The second-order valence-corrected chi connectivity index (χ2v) is 7.93. The molecule has 0 radical (unpaired) electrons. The van der Waals surface area contributed by atoms with Crippen LogP contribution in [0.5, 0.6) is 5.75 Å². The van der Waals surface area contributed by atoms with Crippen LogP contribution in [0.1, 0.15) is 18.4 Å². The first-order chi connectivity index (χ1) is 12.3. The number of amides is 1. The van der Waals surface area contributed by atoms with Crippen LogP contribution in [0.25, 0.3) is 0 Å². The maximum absolute atomic E-state index is 12.1. The van der Waals surface area contributed by atoms with E-state index in [1.807, 2.05) is 4.72 Å². The fourth-order valence-corrected chi connectivity index (χ4v) is 3.55.